The maximum atomic E-state index is 12.3. The monoisotopic (exact) mass is 337 g/mol. The number of rotatable bonds is 6. The Labute approximate surface area is 145 Å². The third-order valence-electron chi connectivity index (χ3n) is 3.87. The molecule has 0 radical (unpaired) electrons. The van der Waals surface area contributed by atoms with Gasteiger partial charge in [-0.05, 0) is 54.8 Å². The lowest BCUT2D eigenvalue weighted by molar-refractivity contribution is -0.117. The van der Waals surface area contributed by atoms with Crippen molar-refractivity contribution in [1.29, 1.82) is 0 Å². The van der Waals surface area contributed by atoms with Gasteiger partial charge in [0, 0.05) is 5.92 Å². The van der Waals surface area contributed by atoms with E-state index in [2.05, 4.69) is 15.8 Å². The van der Waals surface area contributed by atoms with E-state index in [1.54, 1.807) is 37.6 Å². The maximum absolute atomic E-state index is 12.3. The Morgan fingerprint density at radius 2 is 1.84 bits per heavy atom. The number of hydrogen-bond acceptors (Lipinski definition) is 4. The van der Waals surface area contributed by atoms with Crippen LogP contribution in [0.15, 0.2) is 53.6 Å². The van der Waals surface area contributed by atoms with Gasteiger partial charge in [0.05, 0.1) is 24.6 Å². The first kappa shape index (κ1) is 16.7. The topological polar surface area (TPSA) is 79.8 Å². The number of hydrazone groups is 1. The summed E-state index contributed by atoms with van der Waals surface area (Å²) in [5.41, 5.74) is 4.19. The third-order valence-corrected chi connectivity index (χ3v) is 3.87. The molecule has 3 rings (SSSR count). The summed E-state index contributed by atoms with van der Waals surface area (Å²) in [6.07, 6.45) is 3.36. The Bertz CT molecular complexity index is 796. The zero-order valence-electron chi connectivity index (χ0n) is 13.9. The van der Waals surface area contributed by atoms with E-state index in [0.29, 0.717) is 11.3 Å². The van der Waals surface area contributed by atoms with Crippen LogP contribution in [-0.2, 0) is 4.79 Å². The van der Waals surface area contributed by atoms with Gasteiger partial charge in [-0.3, -0.25) is 9.59 Å². The number of carbonyl (C=O) groups excluding carboxylic acids is 2. The number of hydrogen-bond donors (Lipinski definition) is 2. The van der Waals surface area contributed by atoms with Crippen LogP contribution in [0, 0.1) is 5.92 Å². The summed E-state index contributed by atoms with van der Waals surface area (Å²) in [6.45, 7) is 0. The number of amides is 2. The number of anilines is 1. The number of ether oxygens (including phenoxy) is 1. The number of methoxy groups -OCH3 is 1. The number of nitrogens with zero attached hydrogens (tertiary/aromatic N) is 1. The Hall–Kier alpha value is -3.15. The summed E-state index contributed by atoms with van der Waals surface area (Å²) in [4.78, 5) is 24.2. The van der Waals surface area contributed by atoms with E-state index < -0.39 is 0 Å². The van der Waals surface area contributed by atoms with E-state index in [9.17, 15) is 9.59 Å². The lowest BCUT2D eigenvalue weighted by Gasteiger charge is -2.09. The summed E-state index contributed by atoms with van der Waals surface area (Å²) < 4.78 is 5.09. The molecule has 1 aliphatic carbocycles. The highest BCUT2D eigenvalue weighted by atomic mass is 16.5. The van der Waals surface area contributed by atoms with Crippen LogP contribution in [0.25, 0.3) is 0 Å². The lowest BCUT2D eigenvalue weighted by Crippen LogP contribution is -2.21. The fraction of sp³-hybridized carbons (Fsp3) is 0.211. The molecule has 0 bridgehead atoms. The second kappa shape index (κ2) is 7.61. The first-order valence-electron chi connectivity index (χ1n) is 8.04. The molecule has 0 aliphatic heterocycles. The molecule has 6 nitrogen and oxygen atoms in total. The van der Waals surface area contributed by atoms with Crippen molar-refractivity contribution < 1.29 is 14.3 Å². The van der Waals surface area contributed by atoms with Crippen molar-refractivity contribution in [3.05, 3.63) is 59.7 Å². The van der Waals surface area contributed by atoms with Crippen molar-refractivity contribution in [2.24, 2.45) is 11.0 Å². The third kappa shape index (κ3) is 4.44. The standard InChI is InChI=1S/C19H19N3O3/c1-25-15-10-6-13(7-11-15)12-20-22-19(24)16-4-2-3-5-17(16)21-18(23)14-8-9-14/h2-7,10-12,14H,8-9H2,1H3,(H,21,23)(H,22,24)/b20-12+. The molecule has 2 amide bonds. The van der Waals surface area contributed by atoms with E-state index in [0.717, 1.165) is 24.2 Å². The van der Waals surface area contributed by atoms with Gasteiger partial charge < -0.3 is 10.1 Å². The molecule has 0 unspecified atom stereocenters. The Kier molecular flexibility index (Phi) is 5.09. The summed E-state index contributed by atoms with van der Waals surface area (Å²) in [5.74, 6) is 0.407. The van der Waals surface area contributed by atoms with Crippen molar-refractivity contribution in [3.63, 3.8) is 0 Å². The van der Waals surface area contributed by atoms with Gasteiger partial charge in [-0.1, -0.05) is 12.1 Å². The smallest absolute Gasteiger partial charge is 0.273 e. The van der Waals surface area contributed by atoms with Crippen molar-refractivity contribution in [3.8, 4) is 5.75 Å². The second-order valence-electron chi connectivity index (χ2n) is 5.78. The van der Waals surface area contributed by atoms with Crippen LogP contribution < -0.4 is 15.5 Å². The van der Waals surface area contributed by atoms with Gasteiger partial charge in [-0.25, -0.2) is 5.43 Å². The minimum absolute atomic E-state index is 0.0398. The van der Waals surface area contributed by atoms with Crippen LogP contribution >= 0.6 is 0 Å². The fourth-order valence-corrected chi connectivity index (χ4v) is 2.29. The highest BCUT2D eigenvalue weighted by Gasteiger charge is 2.30. The molecule has 0 saturated heterocycles. The minimum atomic E-state index is -0.378. The first-order chi connectivity index (χ1) is 12.2. The molecule has 0 aromatic heterocycles. The molecule has 1 fully saturated rings. The fourth-order valence-electron chi connectivity index (χ4n) is 2.29. The molecule has 0 heterocycles. The molecule has 2 N–H and O–H groups in total. The van der Waals surface area contributed by atoms with Crippen molar-refractivity contribution in [2.45, 2.75) is 12.8 Å². The van der Waals surface area contributed by atoms with Gasteiger partial charge in [-0.2, -0.15) is 5.10 Å². The molecule has 25 heavy (non-hydrogen) atoms. The summed E-state index contributed by atoms with van der Waals surface area (Å²) in [5, 5.41) is 6.77. The molecule has 6 heteroatoms. The SMILES string of the molecule is COc1ccc(/C=N/NC(=O)c2ccccc2NC(=O)C2CC2)cc1. The van der Waals surface area contributed by atoms with E-state index in [1.807, 2.05) is 24.3 Å². The average Bonchev–Trinajstić information content (AvgIpc) is 3.48. The van der Waals surface area contributed by atoms with Gasteiger partial charge in [0.1, 0.15) is 5.75 Å². The molecular formula is C19H19N3O3. The van der Waals surface area contributed by atoms with Crippen LogP contribution in [0.1, 0.15) is 28.8 Å². The van der Waals surface area contributed by atoms with E-state index in [4.69, 9.17) is 4.74 Å². The Balaban J connectivity index is 1.64. The molecular weight excluding hydrogens is 318 g/mol. The molecule has 2 aromatic carbocycles. The summed E-state index contributed by atoms with van der Waals surface area (Å²) in [7, 11) is 1.60. The van der Waals surface area contributed by atoms with E-state index in [-0.39, 0.29) is 17.7 Å². The number of para-hydroxylation sites is 1. The highest BCUT2D eigenvalue weighted by Crippen LogP contribution is 2.30. The number of carbonyl (C=O) groups is 2. The lowest BCUT2D eigenvalue weighted by atomic mass is 10.1. The van der Waals surface area contributed by atoms with Crippen LogP contribution in [0.5, 0.6) is 5.75 Å². The van der Waals surface area contributed by atoms with Gasteiger partial charge >= 0.3 is 0 Å². The molecule has 128 valence electrons. The molecule has 0 atom stereocenters. The largest absolute Gasteiger partial charge is 0.497 e. The maximum Gasteiger partial charge on any atom is 0.273 e. The predicted octanol–water partition coefficient (Wildman–Crippen LogP) is 2.81. The molecule has 2 aromatic rings. The molecule has 1 saturated carbocycles. The van der Waals surface area contributed by atoms with Crippen LogP contribution in [0.3, 0.4) is 0 Å². The second-order valence-corrected chi connectivity index (χ2v) is 5.78. The zero-order chi connectivity index (χ0) is 17.6. The van der Waals surface area contributed by atoms with Crippen LogP contribution in [0.2, 0.25) is 0 Å². The van der Waals surface area contributed by atoms with Gasteiger partial charge in [-0.15, -0.1) is 0 Å². The predicted molar refractivity (Wildman–Crippen MR) is 95.8 cm³/mol. The van der Waals surface area contributed by atoms with E-state index in [1.165, 1.54) is 0 Å². The van der Waals surface area contributed by atoms with Crippen molar-refractivity contribution in [2.75, 3.05) is 12.4 Å². The molecule has 0 spiro atoms. The summed E-state index contributed by atoms with van der Waals surface area (Å²) in [6, 6.07) is 14.2. The average molecular weight is 337 g/mol. The molecule has 1 aliphatic rings. The van der Waals surface area contributed by atoms with Crippen molar-refractivity contribution in [1.82, 2.24) is 5.43 Å². The van der Waals surface area contributed by atoms with Gasteiger partial charge in [0.25, 0.3) is 5.91 Å². The van der Waals surface area contributed by atoms with Crippen LogP contribution in [-0.4, -0.2) is 25.1 Å². The Morgan fingerprint density at radius 3 is 2.52 bits per heavy atom. The van der Waals surface area contributed by atoms with Gasteiger partial charge in [0.2, 0.25) is 5.91 Å². The normalized spacial score (nSPS) is 13.5. The zero-order valence-corrected chi connectivity index (χ0v) is 13.9. The minimum Gasteiger partial charge on any atom is -0.497 e. The quantitative estimate of drug-likeness (QED) is 0.628. The first-order valence-corrected chi connectivity index (χ1v) is 8.04. The van der Waals surface area contributed by atoms with Gasteiger partial charge in [0.15, 0.2) is 0 Å². The van der Waals surface area contributed by atoms with E-state index >= 15 is 0 Å². The van der Waals surface area contributed by atoms with Crippen LogP contribution in [0.4, 0.5) is 5.69 Å². The summed E-state index contributed by atoms with van der Waals surface area (Å²) >= 11 is 0. The number of nitrogens with one attached hydrogen (secondary N) is 2. The van der Waals surface area contributed by atoms with Crippen molar-refractivity contribution >= 4 is 23.7 Å². The highest BCUT2D eigenvalue weighted by molar-refractivity contribution is 6.04. The number of benzene rings is 2. The Morgan fingerprint density at radius 1 is 1.12 bits per heavy atom.